The van der Waals surface area contributed by atoms with Crippen LogP contribution >= 0.6 is 0 Å². The molecule has 0 spiro atoms. The zero-order chi connectivity index (χ0) is 6.97. The molecule has 2 heterocycles. The Labute approximate surface area is 63.0 Å². The number of pyridine rings is 1. The molecule has 0 aliphatic rings. The molecule has 0 atom stereocenters. The van der Waals surface area contributed by atoms with Crippen LogP contribution in [0, 0.1) is 0 Å². The van der Waals surface area contributed by atoms with E-state index in [0.717, 1.165) is 0 Å². The first-order chi connectivity index (χ1) is 4.88. The first-order valence-electron chi connectivity index (χ1n) is 2.98. The highest BCUT2D eigenvalue weighted by Gasteiger charge is 1.96. The van der Waals surface area contributed by atoms with E-state index in [1.807, 2.05) is 6.20 Å². The van der Waals surface area contributed by atoms with Gasteiger partial charge in [0.2, 0.25) is 0 Å². The summed E-state index contributed by atoms with van der Waals surface area (Å²) in [4.78, 5) is 3.93. The van der Waals surface area contributed by atoms with E-state index in [0.29, 0.717) is 5.65 Å². The summed E-state index contributed by atoms with van der Waals surface area (Å²) in [7, 11) is 0. The molecule has 2 aromatic rings. The molecule has 3 N–H and O–H groups in total. The lowest BCUT2D eigenvalue weighted by Crippen LogP contribution is -1.80. The number of hydrogen-bond acceptors (Lipinski definition) is 2. The molecule has 11 heavy (non-hydrogen) atoms. The van der Waals surface area contributed by atoms with Crippen molar-refractivity contribution in [3.63, 3.8) is 0 Å². The average Bonchev–Trinajstić information content (AvgIpc) is 2.36. The highest BCUT2D eigenvalue weighted by molar-refractivity contribution is 5.51. The van der Waals surface area contributed by atoms with Crippen LogP contribution in [0.25, 0.3) is 5.65 Å². The van der Waals surface area contributed by atoms with Crippen LogP contribution in [0.4, 0.5) is 0 Å². The average molecular weight is 152 g/mol. The lowest BCUT2D eigenvalue weighted by molar-refractivity contribution is 0.477. The van der Waals surface area contributed by atoms with Crippen molar-refractivity contribution >= 4 is 5.65 Å². The number of fused-ring (bicyclic) bond motifs is 1. The molecule has 58 valence electrons. The van der Waals surface area contributed by atoms with Crippen molar-refractivity contribution in [2.75, 3.05) is 0 Å². The second-order valence-corrected chi connectivity index (χ2v) is 2.05. The lowest BCUT2D eigenvalue weighted by Gasteiger charge is -1.92. The molecule has 0 amide bonds. The van der Waals surface area contributed by atoms with Crippen molar-refractivity contribution in [2.45, 2.75) is 0 Å². The number of aromatic nitrogens is 2. The Bertz CT molecular complexity index is 356. The number of hydrogen-bond donors (Lipinski definition) is 1. The van der Waals surface area contributed by atoms with Gasteiger partial charge in [-0.25, -0.2) is 4.98 Å². The molecule has 2 rings (SSSR count). The second-order valence-electron chi connectivity index (χ2n) is 2.05. The van der Waals surface area contributed by atoms with Gasteiger partial charge in [-0.3, -0.25) is 0 Å². The Morgan fingerprint density at radius 1 is 1.36 bits per heavy atom. The molecule has 0 unspecified atom stereocenters. The summed E-state index contributed by atoms with van der Waals surface area (Å²) in [6.45, 7) is 0. The zero-order valence-electron chi connectivity index (χ0n) is 5.73. The molecular weight excluding hydrogens is 144 g/mol. The van der Waals surface area contributed by atoms with Crippen molar-refractivity contribution in [3.8, 4) is 5.75 Å². The van der Waals surface area contributed by atoms with Crippen molar-refractivity contribution in [1.29, 1.82) is 0 Å². The maximum absolute atomic E-state index is 9.18. The largest absolute Gasteiger partial charge is 0.504 e. The van der Waals surface area contributed by atoms with Crippen LogP contribution < -0.4 is 0 Å². The first kappa shape index (κ1) is 7.56. The van der Waals surface area contributed by atoms with Gasteiger partial charge in [0, 0.05) is 18.6 Å². The van der Waals surface area contributed by atoms with Gasteiger partial charge in [-0.1, -0.05) is 0 Å². The fraction of sp³-hybridized carbons (Fsp3) is 0. The summed E-state index contributed by atoms with van der Waals surface area (Å²) in [6, 6.07) is 3.38. The molecule has 0 radical (unpaired) electrons. The van der Waals surface area contributed by atoms with Crippen LogP contribution in [0.15, 0.2) is 30.7 Å². The fourth-order valence-electron chi connectivity index (χ4n) is 0.933. The third-order valence-electron chi connectivity index (χ3n) is 1.40. The summed E-state index contributed by atoms with van der Waals surface area (Å²) in [5.74, 6) is 0.215. The van der Waals surface area contributed by atoms with Gasteiger partial charge in [0.1, 0.15) is 0 Å². The lowest BCUT2D eigenvalue weighted by atomic mass is 10.4. The van der Waals surface area contributed by atoms with Gasteiger partial charge in [-0.15, -0.1) is 0 Å². The third-order valence-corrected chi connectivity index (χ3v) is 1.40. The predicted octanol–water partition coefficient (Wildman–Crippen LogP) is 0.215. The van der Waals surface area contributed by atoms with Gasteiger partial charge >= 0.3 is 0 Å². The number of aromatic hydroxyl groups is 1. The van der Waals surface area contributed by atoms with E-state index < -0.39 is 0 Å². The molecule has 0 aromatic carbocycles. The molecule has 4 heteroatoms. The fourth-order valence-corrected chi connectivity index (χ4v) is 0.933. The van der Waals surface area contributed by atoms with Crippen LogP contribution in [0.1, 0.15) is 0 Å². The van der Waals surface area contributed by atoms with E-state index >= 15 is 0 Å². The molecule has 4 nitrogen and oxygen atoms in total. The second kappa shape index (κ2) is 2.59. The van der Waals surface area contributed by atoms with Gasteiger partial charge in [-0.2, -0.15) is 0 Å². The summed E-state index contributed by atoms with van der Waals surface area (Å²) in [6.07, 6.45) is 5.27. The van der Waals surface area contributed by atoms with E-state index in [1.165, 1.54) is 0 Å². The van der Waals surface area contributed by atoms with E-state index in [9.17, 15) is 5.11 Å². The molecule has 0 bridgehead atoms. The maximum Gasteiger partial charge on any atom is 0.179 e. The Morgan fingerprint density at radius 2 is 2.18 bits per heavy atom. The van der Waals surface area contributed by atoms with Crippen LogP contribution in [0.2, 0.25) is 0 Å². The Morgan fingerprint density at radius 3 is 2.91 bits per heavy atom. The first-order valence-corrected chi connectivity index (χ1v) is 2.98. The SMILES string of the molecule is O.Oc1cccn2ccnc12. The van der Waals surface area contributed by atoms with Crippen molar-refractivity contribution < 1.29 is 10.6 Å². The molecule has 0 saturated heterocycles. The van der Waals surface area contributed by atoms with Crippen LogP contribution in [-0.2, 0) is 0 Å². The Hall–Kier alpha value is -1.55. The smallest absolute Gasteiger partial charge is 0.179 e. The van der Waals surface area contributed by atoms with Crippen molar-refractivity contribution in [1.82, 2.24) is 9.38 Å². The maximum atomic E-state index is 9.18. The summed E-state index contributed by atoms with van der Waals surface area (Å²) in [5, 5.41) is 9.18. The van der Waals surface area contributed by atoms with Gasteiger partial charge in [-0.05, 0) is 12.1 Å². The predicted molar refractivity (Wildman–Crippen MR) is 40.5 cm³/mol. The third kappa shape index (κ3) is 1.03. The van der Waals surface area contributed by atoms with Gasteiger partial charge in [0.15, 0.2) is 11.4 Å². The summed E-state index contributed by atoms with van der Waals surface area (Å²) >= 11 is 0. The number of rotatable bonds is 0. The van der Waals surface area contributed by atoms with Gasteiger partial charge in [0.25, 0.3) is 0 Å². The topological polar surface area (TPSA) is 69.0 Å². The van der Waals surface area contributed by atoms with Gasteiger partial charge < -0.3 is 15.0 Å². The molecule has 2 aromatic heterocycles. The summed E-state index contributed by atoms with van der Waals surface area (Å²) in [5.41, 5.74) is 0.600. The number of nitrogens with zero attached hydrogens (tertiary/aromatic N) is 2. The van der Waals surface area contributed by atoms with E-state index in [-0.39, 0.29) is 11.2 Å². The minimum atomic E-state index is 0. The minimum Gasteiger partial charge on any atom is -0.504 e. The van der Waals surface area contributed by atoms with E-state index in [2.05, 4.69) is 4.98 Å². The standard InChI is InChI=1S/C7H6N2O.H2O/c10-6-2-1-4-9-5-3-8-7(6)9;/h1-5,10H;1H2. The van der Waals surface area contributed by atoms with Crippen LogP contribution in [0.5, 0.6) is 5.75 Å². The molecule has 0 aliphatic carbocycles. The van der Waals surface area contributed by atoms with E-state index in [1.54, 1.807) is 28.9 Å². The van der Waals surface area contributed by atoms with Crippen molar-refractivity contribution in [3.05, 3.63) is 30.7 Å². The molecule has 0 saturated carbocycles. The Kier molecular flexibility index (Phi) is 1.78. The monoisotopic (exact) mass is 152 g/mol. The van der Waals surface area contributed by atoms with Crippen molar-refractivity contribution in [2.24, 2.45) is 0 Å². The highest BCUT2D eigenvalue weighted by atomic mass is 16.3. The van der Waals surface area contributed by atoms with Gasteiger partial charge in [0.05, 0.1) is 0 Å². The normalized spacial score (nSPS) is 9.45. The molecular formula is C7H8N2O2. The molecule has 0 aliphatic heterocycles. The Balaban J connectivity index is 0.000000605. The number of imidazole rings is 1. The van der Waals surface area contributed by atoms with Crippen LogP contribution in [0.3, 0.4) is 0 Å². The molecule has 0 fully saturated rings. The van der Waals surface area contributed by atoms with Crippen LogP contribution in [-0.4, -0.2) is 20.0 Å². The quantitative estimate of drug-likeness (QED) is 0.586. The minimum absolute atomic E-state index is 0. The highest BCUT2D eigenvalue weighted by Crippen LogP contribution is 2.13. The van der Waals surface area contributed by atoms with E-state index in [4.69, 9.17) is 0 Å². The zero-order valence-corrected chi connectivity index (χ0v) is 5.73. The summed E-state index contributed by atoms with van der Waals surface area (Å²) < 4.78 is 1.76.